The number of carbonyl (C=O) groups is 5. The van der Waals surface area contributed by atoms with Gasteiger partial charge in [-0.2, -0.15) is 0 Å². The van der Waals surface area contributed by atoms with E-state index in [1.165, 1.54) is 0 Å². The Hall–Kier alpha value is -2.69. The molecule has 0 aromatic heterocycles. The first-order valence-electron chi connectivity index (χ1n) is 8.49. The lowest BCUT2D eigenvalue weighted by atomic mass is 9.96. The summed E-state index contributed by atoms with van der Waals surface area (Å²) in [5, 5.41) is 9.25. The van der Waals surface area contributed by atoms with Crippen molar-refractivity contribution in [3.05, 3.63) is 0 Å². The number of esters is 3. The van der Waals surface area contributed by atoms with E-state index in [0.29, 0.717) is 0 Å². The number of nitrogens with zero attached hydrogens (tertiary/aromatic N) is 1. The highest BCUT2D eigenvalue weighted by atomic mass is 16.6. The third-order valence-electron chi connectivity index (χ3n) is 3.45. The molecular weight excluding hydrogens is 378 g/mol. The molecule has 1 N–H and O–H groups in total. The van der Waals surface area contributed by atoms with Crippen LogP contribution in [0.1, 0.15) is 34.6 Å². The molecule has 1 saturated heterocycles. The van der Waals surface area contributed by atoms with Gasteiger partial charge in [0.2, 0.25) is 5.91 Å². The second-order valence-corrected chi connectivity index (χ2v) is 7.12. The largest absolute Gasteiger partial charge is 0.479 e. The second kappa shape index (κ2) is 9.49. The van der Waals surface area contributed by atoms with Gasteiger partial charge in [0.15, 0.2) is 6.10 Å². The minimum absolute atomic E-state index is 0.344. The maximum atomic E-state index is 12.3. The molecule has 3 atom stereocenters. The highest BCUT2D eigenvalue weighted by molar-refractivity contribution is 5.89. The van der Waals surface area contributed by atoms with Crippen molar-refractivity contribution < 1.29 is 48.0 Å². The van der Waals surface area contributed by atoms with Crippen LogP contribution in [0, 0.1) is 5.92 Å². The van der Waals surface area contributed by atoms with Gasteiger partial charge in [-0.3, -0.25) is 19.2 Å². The molecule has 11 nitrogen and oxygen atoms in total. The molecule has 0 unspecified atom stereocenters. The molecule has 0 aromatic rings. The molecule has 0 saturated carbocycles. The van der Waals surface area contributed by atoms with E-state index in [1.54, 1.807) is 20.8 Å². The van der Waals surface area contributed by atoms with Gasteiger partial charge in [0.05, 0.1) is 0 Å². The summed E-state index contributed by atoms with van der Waals surface area (Å²) in [5.74, 6) is -5.04. The summed E-state index contributed by atoms with van der Waals surface area (Å²) >= 11 is 0. The number of aliphatic carboxylic acids is 1. The summed E-state index contributed by atoms with van der Waals surface area (Å²) < 4.78 is 20.0. The first-order chi connectivity index (χ1) is 12.8. The fourth-order valence-corrected chi connectivity index (χ4v) is 2.34. The number of likely N-dealkylation sites (tertiary alicyclic amines) is 1. The van der Waals surface area contributed by atoms with E-state index in [1.807, 2.05) is 0 Å². The molecule has 0 spiro atoms. The minimum Gasteiger partial charge on any atom is -0.479 e. The molecule has 0 bridgehead atoms. The molecule has 0 aliphatic carbocycles. The van der Waals surface area contributed by atoms with Crippen molar-refractivity contribution in [1.82, 2.24) is 4.90 Å². The first kappa shape index (κ1) is 23.3. The molecule has 158 valence electrons. The SMILES string of the molecule is CC(=O)OC[C@H](O[C@H]1[C@@H](COC(C)=O)C(=O)N1CC(=O)OC(C)(C)C)C(=O)O. The van der Waals surface area contributed by atoms with Crippen LogP contribution >= 0.6 is 0 Å². The van der Waals surface area contributed by atoms with E-state index in [0.717, 1.165) is 18.7 Å². The highest BCUT2D eigenvalue weighted by Gasteiger charge is 2.51. The second-order valence-electron chi connectivity index (χ2n) is 7.12. The molecule has 28 heavy (non-hydrogen) atoms. The average Bonchev–Trinajstić information content (AvgIpc) is 2.52. The summed E-state index contributed by atoms with van der Waals surface area (Å²) in [6.45, 7) is 5.80. The summed E-state index contributed by atoms with van der Waals surface area (Å²) in [6.07, 6.45) is -2.75. The Kier molecular flexibility index (Phi) is 7.91. The molecule has 1 aliphatic rings. The number of rotatable bonds is 9. The zero-order valence-electron chi connectivity index (χ0n) is 16.4. The fraction of sp³-hybridized carbons (Fsp3) is 0.706. The zero-order valence-corrected chi connectivity index (χ0v) is 16.4. The summed E-state index contributed by atoms with van der Waals surface area (Å²) in [4.78, 5) is 58.6. The number of carboxylic acids is 1. The van der Waals surface area contributed by atoms with E-state index in [9.17, 15) is 29.1 Å². The number of amides is 1. The van der Waals surface area contributed by atoms with Gasteiger partial charge in [-0.1, -0.05) is 0 Å². The number of hydrogen-bond acceptors (Lipinski definition) is 9. The lowest BCUT2D eigenvalue weighted by Crippen LogP contribution is -2.66. The minimum atomic E-state index is -1.58. The third kappa shape index (κ3) is 7.14. The highest BCUT2D eigenvalue weighted by Crippen LogP contribution is 2.29. The van der Waals surface area contributed by atoms with E-state index in [-0.39, 0.29) is 6.61 Å². The van der Waals surface area contributed by atoms with Crippen molar-refractivity contribution in [2.75, 3.05) is 19.8 Å². The van der Waals surface area contributed by atoms with E-state index < -0.39 is 66.8 Å². The van der Waals surface area contributed by atoms with Gasteiger partial charge in [-0.15, -0.1) is 0 Å². The van der Waals surface area contributed by atoms with Gasteiger partial charge in [-0.05, 0) is 20.8 Å². The van der Waals surface area contributed by atoms with E-state index >= 15 is 0 Å². The van der Waals surface area contributed by atoms with Crippen LogP contribution in [0.5, 0.6) is 0 Å². The van der Waals surface area contributed by atoms with Crippen molar-refractivity contribution in [1.29, 1.82) is 0 Å². The monoisotopic (exact) mass is 403 g/mol. The molecule has 1 heterocycles. The van der Waals surface area contributed by atoms with Crippen molar-refractivity contribution >= 4 is 29.8 Å². The van der Waals surface area contributed by atoms with Crippen LogP contribution in [0.4, 0.5) is 0 Å². The quantitative estimate of drug-likeness (QED) is 0.309. The molecule has 0 radical (unpaired) electrons. The molecule has 1 fully saturated rings. The Bertz CT molecular complexity index is 638. The Morgan fingerprint density at radius 2 is 1.68 bits per heavy atom. The number of ether oxygens (including phenoxy) is 4. The van der Waals surface area contributed by atoms with Crippen molar-refractivity contribution in [3.63, 3.8) is 0 Å². The van der Waals surface area contributed by atoms with E-state index in [4.69, 9.17) is 14.2 Å². The first-order valence-corrected chi connectivity index (χ1v) is 8.49. The maximum Gasteiger partial charge on any atom is 0.336 e. The van der Waals surface area contributed by atoms with Crippen LogP contribution < -0.4 is 0 Å². The predicted molar refractivity (Wildman–Crippen MR) is 90.6 cm³/mol. The van der Waals surface area contributed by atoms with Gasteiger partial charge >= 0.3 is 23.9 Å². The molecule has 1 aliphatic heterocycles. The van der Waals surface area contributed by atoms with Crippen molar-refractivity contribution in [2.24, 2.45) is 5.92 Å². The molecule has 11 heteroatoms. The van der Waals surface area contributed by atoms with Crippen LogP contribution in [0.15, 0.2) is 0 Å². The number of β-lactam (4-membered cyclic amide) rings is 1. The summed E-state index contributed by atoms with van der Waals surface area (Å²) in [5.41, 5.74) is -0.780. The summed E-state index contributed by atoms with van der Waals surface area (Å²) in [7, 11) is 0. The van der Waals surface area contributed by atoms with Crippen molar-refractivity contribution in [3.8, 4) is 0 Å². The van der Waals surface area contributed by atoms with Crippen LogP contribution in [0.25, 0.3) is 0 Å². The standard InChI is InChI=1S/C17H25NO10/c1-9(19)25-7-11-14(22)18(6-13(21)28-17(3,4)5)15(11)27-12(16(23)24)8-26-10(2)20/h11-12,15H,6-8H2,1-5H3,(H,23,24)/t11-,12-,15-/m0/s1. The smallest absolute Gasteiger partial charge is 0.336 e. The summed E-state index contributed by atoms with van der Waals surface area (Å²) in [6, 6.07) is 0. The van der Waals surface area contributed by atoms with Crippen LogP contribution in [-0.4, -0.2) is 77.5 Å². The third-order valence-corrected chi connectivity index (χ3v) is 3.45. The van der Waals surface area contributed by atoms with Gasteiger partial charge in [-0.25, -0.2) is 4.79 Å². The van der Waals surface area contributed by atoms with E-state index in [2.05, 4.69) is 4.74 Å². The number of carboxylic acid groups (broad SMARTS) is 1. The van der Waals surface area contributed by atoms with Gasteiger partial charge in [0.25, 0.3) is 0 Å². The molecular formula is C17H25NO10. The topological polar surface area (TPSA) is 146 Å². The van der Waals surface area contributed by atoms with Gasteiger partial charge in [0, 0.05) is 13.8 Å². The van der Waals surface area contributed by atoms with Crippen LogP contribution in [0.2, 0.25) is 0 Å². The Morgan fingerprint density at radius 3 is 2.14 bits per heavy atom. The Morgan fingerprint density at radius 1 is 1.11 bits per heavy atom. The van der Waals surface area contributed by atoms with Crippen molar-refractivity contribution in [2.45, 2.75) is 52.6 Å². The predicted octanol–water partition coefficient (Wildman–Crippen LogP) is -0.291. The molecule has 0 aromatic carbocycles. The van der Waals surface area contributed by atoms with Gasteiger partial charge in [0.1, 0.15) is 37.5 Å². The average molecular weight is 403 g/mol. The Balaban J connectivity index is 2.89. The van der Waals surface area contributed by atoms with Gasteiger partial charge < -0.3 is 29.0 Å². The normalized spacial score (nSPS) is 20.0. The number of carbonyl (C=O) groups excluding carboxylic acids is 4. The number of hydrogen-bond donors (Lipinski definition) is 1. The van der Waals surface area contributed by atoms with Crippen LogP contribution in [-0.2, 0) is 42.9 Å². The zero-order chi connectivity index (χ0) is 21.6. The van der Waals surface area contributed by atoms with Crippen LogP contribution in [0.3, 0.4) is 0 Å². The lowest BCUT2D eigenvalue weighted by molar-refractivity contribution is -0.222. The fourth-order valence-electron chi connectivity index (χ4n) is 2.34. The maximum absolute atomic E-state index is 12.3. The molecule has 1 amide bonds. The Labute approximate surface area is 161 Å². The molecule has 1 rings (SSSR count). The lowest BCUT2D eigenvalue weighted by Gasteiger charge is -2.46.